The Bertz CT molecular complexity index is 9750. The summed E-state index contributed by atoms with van der Waals surface area (Å²) in [5, 5.41) is 14.4. The van der Waals surface area contributed by atoms with Crippen molar-refractivity contribution < 1.29 is 0 Å². The van der Waals surface area contributed by atoms with Gasteiger partial charge in [-0.15, -0.1) is 0 Å². The van der Waals surface area contributed by atoms with E-state index in [1.165, 1.54) is 81.8 Å². The Morgan fingerprint density at radius 3 is 0.597 bits per heavy atom. The standard InChI is InChI=1S/2C45H29N5.C39H25N5/c1-3-15-30(16-4-1)43-46-44(31-17-5-2-6-18-31)48-45(47-43)32-19-13-20-33(29-32)49-39-26-12-9-23-36(39)42-40(49)27-14-28-41(42)50-37-24-10-7-21-34(37)35-22-8-11-25-38(35)50;1-3-14-30(15-4-1)31-26-28-33(29-27-31)44-46-43(32-16-5-2-6-17-32)47-45(48-44)50-39-23-12-9-20-36(39)42-40(24-13-25-41(42)50)49-37-21-10-7-18-34(37)35-19-8-11-22-38(35)49;1-3-14-26(15-4-1)37-40-38(27-16-5-2-6-17-27)42-39(41-37)44-33-23-12-9-20-30(33)36-34(24-13-25-35(36)44)43-31-21-10-7-18-28(31)29-19-8-11-22-32(29)43/h2*1-29H;1-25H. The van der Waals surface area contributed by atoms with Crippen LogP contribution in [0.15, 0.2) is 504 Å². The van der Waals surface area contributed by atoms with Gasteiger partial charge >= 0.3 is 0 Å². The van der Waals surface area contributed by atoms with Gasteiger partial charge in [-0.05, 0) is 114 Å². The van der Waals surface area contributed by atoms with Crippen molar-refractivity contribution in [1.29, 1.82) is 0 Å². The first kappa shape index (κ1) is 83.6. The fraction of sp³-hybridized carbons (Fsp3) is 0. The fourth-order valence-electron chi connectivity index (χ4n) is 21.2. The highest BCUT2D eigenvalue weighted by Gasteiger charge is 2.28. The second kappa shape index (κ2) is 35.3. The zero-order valence-corrected chi connectivity index (χ0v) is 77.6. The smallest absolute Gasteiger partial charge is 0.238 e. The molecular formula is C129H83N15. The second-order valence-corrected chi connectivity index (χ2v) is 35.9. The minimum absolute atomic E-state index is 0.576. The van der Waals surface area contributed by atoms with Crippen LogP contribution in [0.4, 0.5) is 0 Å². The zero-order valence-electron chi connectivity index (χ0n) is 77.6. The molecule has 15 nitrogen and oxygen atoms in total. The number of fused-ring (bicyclic) bond motifs is 18. The highest BCUT2D eigenvalue weighted by molar-refractivity contribution is 6.20. The van der Waals surface area contributed by atoms with Crippen LogP contribution in [0.3, 0.4) is 0 Å². The lowest BCUT2D eigenvalue weighted by molar-refractivity contribution is 0.953. The zero-order chi connectivity index (χ0) is 95.1. The lowest BCUT2D eigenvalue weighted by Gasteiger charge is -2.12. The van der Waals surface area contributed by atoms with Gasteiger partial charge in [0.1, 0.15) is 0 Å². The van der Waals surface area contributed by atoms with Crippen LogP contribution in [-0.2, 0) is 0 Å². The Morgan fingerprint density at radius 2 is 0.306 bits per heavy atom. The molecule has 0 aliphatic rings. The van der Waals surface area contributed by atoms with E-state index in [4.69, 9.17) is 44.9 Å². The van der Waals surface area contributed by atoms with E-state index in [0.717, 1.165) is 122 Å². The molecule has 29 rings (SSSR count). The Labute approximate surface area is 826 Å². The third-order valence-corrected chi connectivity index (χ3v) is 27.5. The molecule has 0 spiro atoms. The molecule has 9 heterocycles. The average Bonchev–Trinajstić information content (AvgIpc) is 1.56. The summed E-state index contributed by atoms with van der Waals surface area (Å²) in [4.78, 5) is 45.5. The Balaban J connectivity index is 0.000000108. The molecule has 0 amide bonds. The summed E-state index contributed by atoms with van der Waals surface area (Å²) in [7, 11) is 0. The first-order valence-corrected chi connectivity index (χ1v) is 48.3. The molecule has 9 aromatic heterocycles. The van der Waals surface area contributed by atoms with Gasteiger partial charge in [0.05, 0.1) is 83.3 Å². The van der Waals surface area contributed by atoms with Crippen LogP contribution in [0.2, 0.25) is 0 Å². The van der Waals surface area contributed by atoms with Crippen molar-refractivity contribution in [2.24, 2.45) is 0 Å². The first-order valence-electron chi connectivity index (χ1n) is 48.3. The van der Waals surface area contributed by atoms with E-state index in [1.54, 1.807) is 0 Å². The van der Waals surface area contributed by atoms with Gasteiger partial charge in [0, 0.05) is 109 Å². The van der Waals surface area contributed by atoms with Gasteiger partial charge < -0.3 is 18.3 Å². The van der Waals surface area contributed by atoms with Gasteiger partial charge in [0.25, 0.3) is 0 Å². The van der Waals surface area contributed by atoms with Crippen LogP contribution in [0.5, 0.6) is 0 Å². The molecule has 0 atom stereocenters. The van der Waals surface area contributed by atoms with E-state index in [-0.39, 0.29) is 0 Å². The number of para-hydroxylation sites is 9. The fourth-order valence-corrected chi connectivity index (χ4v) is 21.2. The maximum atomic E-state index is 5.20. The number of hydrogen-bond acceptors (Lipinski definition) is 9. The molecule has 674 valence electrons. The maximum Gasteiger partial charge on any atom is 0.238 e. The van der Waals surface area contributed by atoms with Gasteiger partial charge in [-0.25, -0.2) is 24.9 Å². The van der Waals surface area contributed by atoms with Gasteiger partial charge in [-0.1, -0.05) is 400 Å². The lowest BCUT2D eigenvalue weighted by Crippen LogP contribution is -2.06. The quantitative estimate of drug-likeness (QED) is 0.104. The van der Waals surface area contributed by atoms with Crippen molar-refractivity contribution in [3.05, 3.63) is 504 Å². The van der Waals surface area contributed by atoms with Crippen LogP contribution in [0, 0.1) is 0 Å². The molecule has 144 heavy (non-hydrogen) atoms. The van der Waals surface area contributed by atoms with Gasteiger partial charge in [-0.3, -0.25) is 9.13 Å². The van der Waals surface area contributed by atoms with E-state index in [9.17, 15) is 0 Å². The van der Waals surface area contributed by atoms with Gasteiger partial charge in [0.15, 0.2) is 40.8 Å². The SMILES string of the molecule is c1ccc(-c2ccc(-c3nc(-c4ccccc4)nc(-n4c5ccccc5c5c(-n6c7ccccc7c7ccccc76)cccc54)n3)cc2)cc1.c1ccc(-c2nc(-c3ccccc3)nc(-c3cccc(-n4c5ccccc5c5c(-n6c7ccccc7c7ccccc76)cccc54)c3)n2)cc1.c1ccc(-c2nc(-c3ccccc3)nc(-n3c4ccccc4c4c(-n5c6ccccc6c6ccccc65)cccc43)n2)cc1. The largest absolute Gasteiger partial charge is 0.309 e. The third kappa shape index (κ3) is 14.4. The molecule has 15 heteroatoms. The summed E-state index contributed by atoms with van der Waals surface area (Å²) in [6.45, 7) is 0. The Hall–Kier alpha value is -19.8. The molecule has 0 unspecified atom stereocenters. The van der Waals surface area contributed by atoms with E-state index in [2.05, 4.69) is 373 Å². The number of aromatic nitrogens is 15. The monoisotopic (exact) mass is 1840 g/mol. The highest BCUT2D eigenvalue weighted by Crippen LogP contribution is 2.46. The molecule has 0 fully saturated rings. The number of hydrogen-bond donors (Lipinski definition) is 0. The molecule has 20 aromatic carbocycles. The molecule has 0 aliphatic carbocycles. The van der Waals surface area contributed by atoms with Crippen LogP contribution >= 0.6 is 0 Å². The number of benzene rings is 20. The Morgan fingerprint density at radius 1 is 0.118 bits per heavy atom. The minimum atomic E-state index is 0.576. The molecule has 0 saturated carbocycles. The normalized spacial score (nSPS) is 11.6. The van der Waals surface area contributed by atoms with Gasteiger partial charge in [-0.2, -0.15) is 19.9 Å². The topological polar surface area (TPSA) is 146 Å². The molecular weight excluding hydrogens is 1760 g/mol. The molecule has 0 radical (unpaired) electrons. The Kier molecular flexibility index (Phi) is 20.5. The van der Waals surface area contributed by atoms with Crippen molar-refractivity contribution in [2.45, 2.75) is 0 Å². The predicted molar refractivity (Wildman–Crippen MR) is 589 cm³/mol. The van der Waals surface area contributed by atoms with Gasteiger partial charge in [0.2, 0.25) is 11.9 Å². The van der Waals surface area contributed by atoms with Crippen LogP contribution in [0.1, 0.15) is 0 Å². The van der Waals surface area contributed by atoms with E-state index >= 15 is 0 Å². The van der Waals surface area contributed by atoms with Crippen molar-refractivity contribution in [2.75, 3.05) is 0 Å². The molecule has 0 aliphatic heterocycles. The summed E-state index contributed by atoms with van der Waals surface area (Å²) in [5.74, 6) is 5.61. The average molecular weight is 1840 g/mol. The van der Waals surface area contributed by atoms with E-state index < -0.39 is 0 Å². The maximum absolute atomic E-state index is 5.20. The van der Waals surface area contributed by atoms with Crippen LogP contribution in [-0.4, -0.2) is 72.3 Å². The molecule has 0 saturated heterocycles. The molecule has 0 N–H and O–H groups in total. The first-order chi connectivity index (χ1) is 71.5. The predicted octanol–water partition coefficient (Wildman–Crippen LogP) is 31.5. The van der Waals surface area contributed by atoms with Crippen LogP contribution < -0.4 is 0 Å². The van der Waals surface area contributed by atoms with Crippen molar-refractivity contribution >= 4 is 131 Å². The molecule has 29 aromatic rings. The summed E-state index contributed by atoms with van der Waals surface area (Å²) in [6, 6.07) is 175. The number of rotatable bonds is 14. The summed E-state index contributed by atoms with van der Waals surface area (Å²) in [6.07, 6.45) is 0. The lowest BCUT2D eigenvalue weighted by atomic mass is 10.0. The van der Waals surface area contributed by atoms with E-state index in [0.29, 0.717) is 52.7 Å². The van der Waals surface area contributed by atoms with Crippen molar-refractivity contribution in [1.82, 2.24) is 72.3 Å². The molecule has 0 bridgehead atoms. The van der Waals surface area contributed by atoms with E-state index in [1.807, 2.05) is 158 Å². The third-order valence-electron chi connectivity index (χ3n) is 27.5. The van der Waals surface area contributed by atoms with Crippen molar-refractivity contribution in [3.63, 3.8) is 0 Å². The minimum Gasteiger partial charge on any atom is -0.309 e. The summed E-state index contributed by atoms with van der Waals surface area (Å²) < 4.78 is 13.9. The summed E-state index contributed by atoms with van der Waals surface area (Å²) in [5.41, 5.74) is 26.8. The van der Waals surface area contributed by atoms with Crippen LogP contribution in [0.25, 0.3) is 256 Å². The van der Waals surface area contributed by atoms with Crippen molar-refractivity contribution in [3.8, 4) is 125 Å². The number of nitrogens with zero attached hydrogens (tertiary/aromatic N) is 15. The summed E-state index contributed by atoms with van der Waals surface area (Å²) >= 11 is 0. The second-order valence-electron chi connectivity index (χ2n) is 35.9. The highest BCUT2D eigenvalue weighted by atomic mass is 15.2.